The van der Waals surface area contributed by atoms with Crippen molar-refractivity contribution in [2.75, 3.05) is 5.32 Å². The molecule has 0 aliphatic carbocycles. The summed E-state index contributed by atoms with van der Waals surface area (Å²) in [5.74, 6) is -0.117. The van der Waals surface area contributed by atoms with E-state index in [1.165, 1.54) is 0 Å². The van der Waals surface area contributed by atoms with Crippen LogP contribution >= 0.6 is 0 Å². The Morgan fingerprint density at radius 2 is 1.42 bits per heavy atom. The summed E-state index contributed by atoms with van der Waals surface area (Å²) in [7, 11) is 0. The summed E-state index contributed by atoms with van der Waals surface area (Å²) < 4.78 is 0. The van der Waals surface area contributed by atoms with Gasteiger partial charge < -0.3 is 16.0 Å². The molecule has 5 heteroatoms. The molecule has 0 unspecified atom stereocenters. The first-order valence-electron chi connectivity index (χ1n) is 6.37. The Balaban J connectivity index is 2.61. The zero-order valence-corrected chi connectivity index (χ0v) is 11.8. The third kappa shape index (κ3) is 5.42. The van der Waals surface area contributed by atoms with Gasteiger partial charge in [-0.15, -0.1) is 0 Å². The highest BCUT2D eigenvalue weighted by atomic mass is 16.2. The summed E-state index contributed by atoms with van der Waals surface area (Å²) in [6.45, 7) is 7.59. The van der Waals surface area contributed by atoms with Crippen LogP contribution in [0.5, 0.6) is 0 Å². The molecule has 1 aromatic carbocycles. The van der Waals surface area contributed by atoms with Gasteiger partial charge in [-0.2, -0.15) is 0 Å². The van der Waals surface area contributed by atoms with Crippen molar-refractivity contribution in [1.29, 1.82) is 0 Å². The molecule has 0 bridgehead atoms. The predicted molar refractivity (Wildman–Crippen MR) is 76.3 cm³/mol. The van der Waals surface area contributed by atoms with Crippen LogP contribution in [0.15, 0.2) is 24.3 Å². The maximum absolute atomic E-state index is 11.7. The molecule has 0 aromatic heterocycles. The summed E-state index contributed by atoms with van der Waals surface area (Å²) in [6, 6.07) is 6.70. The summed E-state index contributed by atoms with van der Waals surface area (Å²) in [5, 5.41) is 8.23. The van der Waals surface area contributed by atoms with Gasteiger partial charge in [-0.25, -0.2) is 4.79 Å². The van der Waals surface area contributed by atoms with E-state index in [2.05, 4.69) is 16.0 Å². The molecule has 0 atom stereocenters. The Morgan fingerprint density at radius 3 is 1.89 bits per heavy atom. The highest BCUT2D eigenvalue weighted by Crippen LogP contribution is 2.09. The minimum atomic E-state index is -0.255. The maximum atomic E-state index is 11.7. The third-order valence-electron chi connectivity index (χ3n) is 2.24. The number of hydrogen-bond acceptors (Lipinski definition) is 2. The largest absolute Gasteiger partial charge is 0.350 e. The highest BCUT2D eigenvalue weighted by Gasteiger charge is 2.07. The lowest BCUT2D eigenvalue weighted by Gasteiger charge is -2.11. The quantitative estimate of drug-likeness (QED) is 0.780. The number of nitrogens with one attached hydrogen (secondary N) is 3. The molecule has 0 saturated heterocycles. The Morgan fingerprint density at radius 1 is 0.895 bits per heavy atom. The van der Waals surface area contributed by atoms with Crippen molar-refractivity contribution in [3.05, 3.63) is 29.8 Å². The lowest BCUT2D eigenvalue weighted by molar-refractivity contribution is 0.0943. The lowest BCUT2D eigenvalue weighted by atomic mass is 10.2. The van der Waals surface area contributed by atoms with Gasteiger partial charge in [-0.1, -0.05) is 0 Å². The van der Waals surface area contributed by atoms with E-state index >= 15 is 0 Å². The van der Waals surface area contributed by atoms with E-state index in [0.29, 0.717) is 11.3 Å². The second-order valence-electron chi connectivity index (χ2n) is 4.96. The van der Waals surface area contributed by atoms with Gasteiger partial charge in [0.05, 0.1) is 0 Å². The molecule has 1 aromatic rings. The van der Waals surface area contributed by atoms with Gasteiger partial charge in [0.2, 0.25) is 0 Å². The molecule has 0 radical (unpaired) electrons. The van der Waals surface area contributed by atoms with Crippen LogP contribution in [0.3, 0.4) is 0 Å². The maximum Gasteiger partial charge on any atom is 0.319 e. The van der Waals surface area contributed by atoms with E-state index in [4.69, 9.17) is 0 Å². The Bertz CT molecular complexity index is 439. The van der Waals surface area contributed by atoms with Crippen molar-refractivity contribution >= 4 is 17.6 Å². The number of rotatable bonds is 4. The normalized spacial score (nSPS) is 10.4. The van der Waals surface area contributed by atoms with Gasteiger partial charge in [0.1, 0.15) is 0 Å². The van der Waals surface area contributed by atoms with E-state index in [1.807, 2.05) is 27.7 Å². The number of benzene rings is 1. The van der Waals surface area contributed by atoms with Crippen molar-refractivity contribution in [3.63, 3.8) is 0 Å². The second kappa shape index (κ2) is 6.78. The molecule has 0 saturated carbocycles. The molecule has 0 aliphatic heterocycles. The monoisotopic (exact) mass is 263 g/mol. The van der Waals surface area contributed by atoms with Crippen molar-refractivity contribution in [3.8, 4) is 0 Å². The second-order valence-corrected chi connectivity index (χ2v) is 4.96. The van der Waals surface area contributed by atoms with E-state index < -0.39 is 0 Å². The van der Waals surface area contributed by atoms with Gasteiger partial charge in [0.15, 0.2) is 0 Å². The molecule has 5 nitrogen and oxygen atoms in total. The van der Waals surface area contributed by atoms with Crippen LogP contribution < -0.4 is 16.0 Å². The van der Waals surface area contributed by atoms with Crippen LogP contribution in [0.4, 0.5) is 10.5 Å². The van der Waals surface area contributed by atoms with E-state index in [1.54, 1.807) is 24.3 Å². The predicted octanol–water partition coefficient (Wildman–Crippen LogP) is 2.35. The average molecular weight is 263 g/mol. The molecule has 104 valence electrons. The van der Waals surface area contributed by atoms with Crippen LogP contribution in [0.25, 0.3) is 0 Å². The Labute approximate surface area is 113 Å². The molecule has 0 aliphatic rings. The SMILES string of the molecule is CC(C)NC(=O)Nc1ccc(C(=O)NC(C)C)cc1. The minimum absolute atomic E-state index is 0.0797. The van der Waals surface area contributed by atoms with E-state index in [-0.39, 0.29) is 24.0 Å². The summed E-state index contributed by atoms with van der Waals surface area (Å²) >= 11 is 0. The van der Waals surface area contributed by atoms with E-state index in [0.717, 1.165) is 0 Å². The van der Waals surface area contributed by atoms with Crippen molar-refractivity contribution in [2.24, 2.45) is 0 Å². The fourth-order valence-electron chi connectivity index (χ4n) is 1.48. The number of amides is 3. The van der Waals surface area contributed by atoms with Crippen molar-refractivity contribution in [1.82, 2.24) is 10.6 Å². The zero-order valence-electron chi connectivity index (χ0n) is 11.8. The molecule has 0 heterocycles. The standard InChI is InChI=1S/C14H21N3O2/c1-9(2)15-13(18)11-5-7-12(8-6-11)17-14(19)16-10(3)4/h5-10H,1-4H3,(H,15,18)(H2,16,17,19). The molecule has 3 amide bonds. The van der Waals surface area contributed by atoms with Gasteiger partial charge in [0.25, 0.3) is 5.91 Å². The fraction of sp³-hybridized carbons (Fsp3) is 0.429. The summed E-state index contributed by atoms with van der Waals surface area (Å²) in [4.78, 5) is 23.2. The molecular formula is C14H21N3O2. The number of hydrogen-bond donors (Lipinski definition) is 3. The van der Waals surface area contributed by atoms with Gasteiger partial charge in [-0.05, 0) is 52.0 Å². The topological polar surface area (TPSA) is 70.2 Å². The molecule has 1 rings (SSSR count). The molecule has 0 fully saturated rings. The number of carbonyl (C=O) groups is 2. The molecule has 19 heavy (non-hydrogen) atoms. The van der Waals surface area contributed by atoms with Gasteiger partial charge in [-0.3, -0.25) is 4.79 Å². The first kappa shape index (κ1) is 15.0. The minimum Gasteiger partial charge on any atom is -0.350 e. The van der Waals surface area contributed by atoms with Crippen LogP contribution in [0, 0.1) is 0 Å². The van der Waals surface area contributed by atoms with Gasteiger partial charge in [0, 0.05) is 23.3 Å². The summed E-state index contributed by atoms with van der Waals surface area (Å²) in [6.07, 6.45) is 0. The highest BCUT2D eigenvalue weighted by molar-refractivity contribution is 5.95. The molecule has 3 N–H and O–H groups in total. The Hall–Kier alpha value is -2.04. The van der Waals surface area contributed by atoms with E-state index in [9.17, 15) is 9.59 Å². The van der Waals surface area contributed by atoms with Crippen molar-refractivity contribution < 1.29 is 9.59 Å². The third-order valence-corrected chi connectivity index (χ3v) is 2.24. The van der Waals surface area contributed by atoms with Crippen molar-refractivity contribution in [2.45, 2.75) is 39.8 Å². The molecule has 0 spiro atoms. The molecular weight excluding hydrogens is 242 g/mol. The number of urea groups is 1. The first-order chi connectivity index (χ1) is 8.88. The number of anilines is 1. The van der Waals surface area contributed by atoms with Crippen LogP contribution in [-0.4, -0.2) is 24.0 Å². The summed E-state index contributed by atoms with van der Waals surface area (Å²) in [5.41, 5.74) is 1.22. The van der Waals surface area contributed by atoms with Crippen LogP contribution in [0.1, 0.15) is 38.1 Å². The number of carbonyl (C=O) groups excluding carboxylic acids is 2. The lowest BCUT2D eigenvalue weighted by Crippen LogP contribution is -2.34. The fourth-order valence-corrected chi connectivity index (χ4v) is 1.48. The first-order valence-corrected chi connectivity index (χ1v) is 6.37. The van der Waals surface area contributed by atoms with Crippen LogP contribution in [-0.2, 0) is 0 Å². The Kier molecular flexibility index (Phi) is 5.36. The van der Waals surface area contributed by atoms with Crippen LogP contribution in [0.2, 0.25) is 0 Å². The smallest absolute Gasteiger partial charge is 0.319 e. The van der Waals surface area contributed by atoms with Gasteiger partial charge >= 0.3 is 6.03 Å². The zero-order chi connectivity index (χ0) is 14.4. The average Bonchev–Trinajstić information content (AvgIpc) is 2.27.